The fourth-order valence-corrected chi connectivity index (χ4v) is 1.98. The summed E-state index contributed by atoms with van der Waals surface area (Å²) in [5, 5.41) is 4.97. The maximum absolute atomic E-state index is 6.11. The quantitative estimate of drug-likeness (QED) is 0.790. The van der Waals surface area contributed by atoms with Crippen molar-refractivity contribution in [3.8, 4) is 11.7 Å². The van der Waals surface area contributed by atoms with Gasteiger partial charge in [-0.25, -0.2) is 0 Å². The Balaban J connectivity index is 2.03. The molecule has 5 heteroatoms. The predicted molar refractivity (Wildman–Crippen MR) is 76.1 cm³/mol. The fourth-order valence-electron chi connectivity index (χ4n) is 1.98. The number of nitrogens with two attached hydrogens (primary N) is 1. The van der Waals surface area contributed by atoms with Crippen LogP contribution in [0.25, 0.3) is 22.6 Å². The predicted octanol–water partition coefficient (Wildman–Crippen LogP) is 3.38. The third-order valence-corrected chi connectivity index (χ3v) is 3.55. The number of rotatable bonds is 3. The van der Waals surface area contributed by atoms with Crippen molar-refractivity contribution in [3.05, 3.63) is 35.7 Å². The zero-order valence-corrected chi connectivity index (χ0v) is 11.8. The van der Waals surface area contributed by atoms with Gasteiger partial charge in [0.05, 0.1) is 5.54 Å². The molecule has 0 aliphatic heterocycles. The minimum absolute atomic E-state index is 0.360. The molecule has 0 radical (unpaired) electrons. The van der Waals surface area contributed by atoms with E-state index >= 15 is 0 Å². The second kappa shape index (κ2) is 4.45. The molecule has 2 N–H and O–H groups in total. The van der Waals surface area contributed by atoms with Crippen LogP contribution in [0.1, 0.15) is 31.7 Å². The Bertz CT molecular complexity index is 755. The van der Waals surface area contributed by atoms with Gasteiger partial charge in [0, 0.05) is 5.39 Å². The van der Waals surface area contributed by atoms with E-state index < -0.39 is 5.54 Å². The summed E-state index contributed by atoms with van der Waals surface area (Å²) in [5.74, 6) is 1.42. The Morgan fingerprint density at radius 3 is 2.85 bits per heavy atom. The molecule has 3 rings (SSSR count). The standard InChI is InChI=1S/C15H17N3O2/c1-4-15(3,16)14-17-13(20-18-14)12-8-10-7-9(2)5-6-11(10)19-12/h5-8H,4,16H2,1-3H3. The lowest BCUT2D eigenvalue weighted by Gasteiger charge is -2.16. The lowest BCUT2D eigenvalue weighted by Crippen LogP contribution is -2.33. The molecule has 0 amide bonds. The first-order chi connectivity index (χ1) is 9.49. The van der Waals surface area contributed by atoms with Crippen LogP contribution < -0.4 is 5.73 Å². The molecule has 2 aromatic heterocycles. The highest BCUT2D eigenvalue weighted by Crippen LogP contribution is 2.29. The second-order valence-corrected chi connectivity index (χ2v) is 5.35. The molecule has 0 saturated heterocycles. The molecule has 3 aromatic rings. The summed E-state index contributed by atoms with van der Waals surface area (Å²) < 4.78 is 11.0. The third kappa shape index (κ3) is 2.10. The number of aromatic nitrogens is 2. The first-order valence-electron chi connectivity index (χ1n) is 6.63. The van der Waals surface area contributed by atoms with Gasteiger partial charge < -0.3 is 14.7 Å². The summed E-state index contributed by atoms with van der Waals surface area (Å²) in [6.07, 6.45) is 0.727. The van der Waals surface area contributed by atoms with E-state index in [0.29, 0.717) is 17.5 Å². The van der Waals surface area contributed by atoms with E-state index in [1.807, 2.05) is 39.0 Å². The van der Waals surface area contributed by atoms with Gasteiger partial charge in [-0.1, -0.05) is 23.7 Å². The molecule has 20 heavy (non-hydrogen) atoms. The lowest BCUT2D eigenvalue weighted by molar-refractivity contribution is 0.374. The van der Waals surface area contributed by atoms with E-state index in [1.165, 1.54) is 5.56 Å². The molecular weight excluding hydrogens is 254 g/mol. The molecule has 1 atom stereocenters. The lowest BCUT2D eigenvalue weighted by atomic mass is 10.0. The Hall–Kier alpha value is -2.14. The number of hydrogen-bond donors (Lipinski definition) is 1. The Morgan fingerprint density at radius 1 is 1.30 bits per heavy atom. The van der Waals surface area contributed by atoms with Crippen molar-refractivity contribution in [2.24, 2.45) is 5.73 Å². The van der Waals surface area contributed by atoms with E-state index in [-0.39, 0.29) is 0 Å². The largest absolute Gasteiger partial charge is 0.451 e. The fraction of sp³-hybridized carbons (Fsp3) is 0.333. The van der Waals surface area contributed by atoms with Crippen LogP contribution in [-0.4, -0.2) is 10.1 Å². The van der Waals surface area contributed by atoms with Gasteiger partial charge in [0.2, 0.25) is 0 Å². The van der Waals surface area contributed by atoms with Gasteiger partial charge in [-0.05, 0) is 38.5 Å². The van der Waals surface area contributed by atoms with E-state index in [2.05, 4.69) is 16.2 Å². The molecule has 104 valence electrons. The number of furan rings is 1. The first-order valence-corrected chi connectivity index (χ1v) is 6.63. The third-order valence-electron chi connectivity index (χ3n) is 3.55. The minimum Gasteiger partial charge on any atom is -0.451 e. The number of nitrogens with zero attached hydrogens (tertiary/aromatic N) is 2. The van der Waals surface area contributed by atoms with Crippen LogP contribution in [-0.2, 0) is 5.54 Å². The maximum atomic E-state index is 6.11. The Kier molecular flexibility index (Phi) is 2.87. The van der Waals surface area contributed by atoms with Gasteiger partial charge in [0.25, 0.3) is 5.89 Å². The van der Waals surface area contributed by atoms with Gasteiger partial charge in [-0.15, -0.1) is 0 Å². The normalized spacial score (nSPS) is 14.6. The number of hydrogen-bond acceptors (Lipinski definition) is 5. The van der Waals surface area contributed by atoms with Crippen LogP contribution in [0, 0.1) is 6.92 Å². The van der Waals surface area contributed by atoms with Crippen LogP contribution in [0.3, 0.4) is 0 Å². The average Bonchev–Trinajstić information content (AvgIpc) is 3.04. The van der Waals surface area contributed by atoms with Crippen molar-refractivity contribution in [3.63, 3.8) is 0 Å². The van der Waals surface area contributed by atoms with Crippen molar-refractivity contribution in [2.45, 2.75) is 32.7 Å². The van der Waals surface area contributed by atoms with Crippen LogP contribution in [0.4, 0.5) is 0 Å². The monoisotopic (exact) mass is 271 g/mol. The summed E-state index contributed by atoms with van der Waals surface area (Å²) in [5.41, 5.74) is 7.49. The minimum atomic E-state index is -0.593. The van der Waals surface area contributed by atoms with Crippen molar-refractivity contribution < 1.29 is 8.94 Å². The summed E-state index contributed by atoms with van der Waals surface area (Å²) in [6, 6.07) is 7.89. The summed E-state index contributed by atoms with van der Waals surface area (Å²) in [6.45, 7) is 5.90. The molecule has 1 aromatic carbocycles. The molecule has 0 aliphatic carbocycles. The van der Waals surface area contributed by atoms with Crippen LogP contribution in [0.2, 0.25) is 0 Å². The zero-order valence-electron chi connectivity index (χ0n) is 11.8. The van der Waals surface area contributed by atoms with Crippen LogP contribution in [0.5, 0.6) is 0 Å². The van der Waals surface area contributed by atoms with Crippen molar-refractivity contribution in [2.75, 3.05) is 0 Å². The van der Waals surface area contributed by atoms with Crippen LogP contribution in [0.15, 0.2) is 33.2 Å². The molecule has 0 saturated carbocycles. The highest BCUT2D eigenvalue weighted by Gasteiger charge is 2.26. The summed E-state index contributed by atoms with van der Waals surface area (Å²) >= 11 is 0. The van der Waals surface area contributed by atoms with Gasteiger partial charge >= 0.3 is 0 Å². The summed E-state index contributed by atoms with van der Waals surface area (Å²) in [7, 11) is 0. The maximum Gasteiger partial charge on any atom is 0.293 e. The highest BCUT2D eigenvalue weighted by molar-refractivity contribution is 5.82. The van der Waals surface area contributed by atoms with E-state index in [4.69, 9.17) is 14.7 Å². The summed E-state index contributed by atoms with van der Waals surface area (Å²) in [4.78, 5) is 4.34. The van der Waals surface area contributed by atoms with E-state index in [1.54, 1.807) is 0 Å². The molecule has 0 aliphatic rings. The molecule has 0 bridgehead atoms. The molecule has 0 spiro atoms. The van der Waals surface area contributed by atoms with Crippen molar-refractivity contribution in [1.29, 1.82) is 0 Å². The first kappa shape index (κ1) is 12.9. The topological polar surface area (TPSA) is 78.1 Å². The molecule has 1 unspecified atom stereocenters. The van der Waals surface area contributed by atoms with E-state index in [0.717, 1.165) is 17.4 Å². The van der Waals surface area contributed by atoms with Gasteiger partial charge in [-0.3, -0.25) is 0 Å². The average molecular weight is 271 g/mol. The smallest absolute Gasteiger partial charge is 0.293 e. The van der Waals surface area contributed by atoms with Crippen molar-refractivity contribution >= 4 is 11.0 Å². The molecular formula is C15H17N3O2. The van der Waals surface area contributed by atoms with Gasteiger partial charge in [-0.2, -0.15) is 4.98 Å². The number of fused-ring (bicyclic) bond motifs is 1. The molecule has 2 heterocycles. The number of aryl methyl sites for hydroxylation is 1. The molecule has 0 fully saturated rings. The van der Waals surface area contributed by atoms with Crippen molar-refractivity contribution in [1.82, 2.24) is 10.1 Å². The van der Waals surface area contributed by atoms with Gasteiger partial charge in [0.1, 0.15) is 5.58 Å². The van der Waals surface area contributed by atoms with Crippen LogP contribution >= 0.6 is 0 Å². The Labute approximate surface area is 116 Å². The highest BCUT2D eigenvalue weighted by atomic mass is 16.5. The second-order valence-electron chi connectivity index (χ2n) is 5.35. The zero-order chi connectivity index (χ0) is 14.3. The molecule has 5 nitrogen and oxygen atoms in total. The van der Waals surface area contributed by atoms with E-state index in [9.17, 15) is 0 Å². The van der Waals surface area contributed by atoms with Gasteiger partial charge in [0.15, 0.2) is 11.6 Å². The Morgan fingerprint density at radius 2 is 2.10 bits per heavy atom. The SMILES string of the molecule is CCC(C)(N)c1noc(-c2cc3cc(C)ccc3o2)n1. The number of benzene rings is 1.